The molecule has 5 heteroatoms. The SMILES string of the molecule is Nc1cc(F)cc(C(=O)OC2COC2)c1. The average Bonchev–Trinajstić information content (AvgIpc) is 2.09. The molecule has 0 aliphatic carbocycles. The van der Waals surface area contributed by atoms with Crippen LogP contribution in [-0.4, -0.2) is 25.3 Å². The third-order valence-electron chi connectivity index (χ3n) is 2.04. The van der Waals surface area contributed by atoms with Gasteiger partial charge in [-0.3, -0.25) is 0 Å². The van der Waals surface area contributed by atoms with E-state index in [0.29, 0.717) is 13.2 Å². The maximum absolute atomic E-state index is 12.9. The van der Waals surface area contributed by atoms with Crippen molar-refractivity contribution in [3.05, 3.63) is 29.6 Å². The second-order valence-corrected chi connectivity index (χ2v) is 3.34. The summed E-state index contributed by atoms with van der Waals surface area (Å²) < 4.78 is 22.7. The van der Waals surface area contributed by atoms with Gasteiger partial charge in [0.2, 0.25) is 0 Å². The van der Waals surface area contributed by atoms with Crippen LogP contribution < -0.4 is 5.73 Å². The number of rotatable bonds is 2. The van der Waals surface area contributed by atoms with E-state index in [0.717, 1.165) is 12.1 Å². The molecule has 0 atom stereocenters. The lowest BCUT2D eigenvalue weighted by atomic mass is 10.2. The lowest BCUT2D eigenvalue weighted by molar-refractivity contribution is -0.103. The van der Waals surface area contributed by atoms with Gasteiger partial charge >= 0.3 is 5.97 Å². The second kappa shape index (κ2) is 3.86. The molecule has 0 bridgehead atoms. The predicted molar refractivity (Wildman–Crippen MR) is 50.8 cm³/mol. The maximum Gasteiger partial charge on any atom is 0.338 e. The standard InChI is InChI=1S/C10H10FNO3/c11-7-1-6(2-8(12)3-7)10(13)15-9-4-14-5-9/h1-3,9H,4-5,12H2. The molecule has 1 aliphatic heterocycles. The number of nitrogens with two attached hydrogens (primary N) is 1. The fraction of sp³-hybridized carbons (Fsp3) is 0.300. The molecule has 4 nitrogen and oxygen atoms in total. The Morgan fingerprint density at radius 3 is 2.73 bits per heavy atom. The molecule has 2 rings (SSSR count). The molecule has 1 aromatic rings. The van der Waals surface area contributed by atoms with E-state index in [1.807, 2.05) is 0 Å². The Hall–Kier alpha value is -1.62. The van der Waals surface area contributed by atoms with Gasteiger partial charge in [-0.25, -0.2) is 9.18 Å². The number of hydrogen-bond acceptors (Lipinski definition) is 4. The van der Waals surface area contributed by atoms with Crippen LogP contribution in [0.4, 0.5) is 10.1 Å². The number of halogens is 1. The van der Waals surface area contributed by atoms with E-state index in [1.54, 1.807) is 0 Å². The lowest BCUT2D eigenvalue weighted by Crippen LogP contribution is -2.37. The van der Waals surface area contributed by atoms with E-state index >= 15 is 0 Å². The lowest BCUT2D eigenvalue weighted by Gasteiger charge is -2.25. The summed E-state index contributed by atoms with van der Waals surface area (Å²) in [6.45, 7) is 0.799. The highest BCUT2D eigenvalue weighted by atomic mass is 19.1. The smallest absolute Gasteiger partial charge is 0.338 e. The Bertz CT molecular complexity index is 370. The average molecular weight is 211 g/mol. The Balaban J connectivity index is 2.10. The molecule has 1 saturated heterocycles. The minimum atomic E-state index is -0.575. The van der Waals surface area contributed by atoms with Crippen LogP contribution in [0.5, 0.6) is 0 Å². The molecule has 15 heavy (non-hydrogen) atoms. The molecule has 0 radical (unpaired) electrons. The van der Waals surface area contributed by atoms with Crippen molar-refractivity contribution >= 4 is 11.7 Å². The van der Waals surface area contributed by atoms with Crippen LogP contribution in [0.2, 0.25) is 0 Å². The summed E-state index contributed by atoms with van der Waals surface area (Å²) in [6, 6.07) is 3.62. The first-order valence-corrected chi connectivity index (χ1v) is 4.50. The first-order valence-electron chi connectivity index (χ1n) is 4.50. The summed E-state index contributed by atoms with van der Waals surface area (Å²) in [5.74, 6) is -1.12. The highest BCUT2D eigenvalue weighted by molar-refractivity contribution is 5.90. The Labute approximate surface area is 85.8 Å². The van der Waals surface area contributed by atoms with Crippen LogP contribution in [-0.2, 0) is 9.47 Å². The fourth-order valence-electron chi connectivity index (χ4n) is 1.23. The van der Waals surface area contributed by atoms with Crippen molar-refractivity contribution in [2.24, 2.45) is 0 Å². The molecule has 2 N–H and O–H groups in total. The number of carbonyl (C=O) groups is 1. The molecular formula is C10H10FNO3. The number of benzene rings is 1. The molecule has 0 spiro atoms. The molecule has 0 aromatic heterocycles. The van der Waals surface area contributed by atoms with E-state index in [2.05, 4.69) is 0 Å². The summed E-state index contributed by atoms with van der Waals surface area (Å²) in [6.07, 6.45) is -0.220. The fourth-order valence-corrected chi connectivity index (χ4v) is 1.23. The molecule has 1 aliphatic rings. The molecule has 1 aromatic carbocycles. The van der Waals surface area contributed by atoms with Gasteiger partial charge in [0, 0.05) is 5.69 Å². The van der Waals surface area contributed by atoms with Crippen molar-refractivity contribution in [2.75, 3.05) is 18.9 Å². The number of hydrogen-bond donors (Lipinski definition) is 1. The van der Waals surface area contributed by atoms with Crippen LogP contribution in [0.15, 0.2) is 18.2 Å². The third-order valence-corrected chi connectivity index (χ3v) is 2.04. The second-order valence-electron chi connectivity index (χ2n) is 3.34. The molecule has 1 heterocycles. The van der Waals surface area contributed by atoms with Crippen molar-refractivity contribution < 1.29 is 18.7 Å². The molecule has 0 unspecified atom stereocenters. The first-order chi connectivity index (χ1) is 7.15. The van der Waals surface area contributed by atoms with Gasteiger partial charge in [0.05, 0.1) is 18.8 Å². The Kier molecular flexibility index (Phi) is 2.55. The maximum atomic E-state index is 12.9. The molecule has 1 fully saturated rings. The molecular weight excluding hydrogens is 201 g/mol. The molecule has 0 saturated carbocycles. The van der Waals surface area contributed by atoms with E-state index in [-0.39, 0.29) is 17.4 Å². The van der Waals surface area contributed by atoms with Gasteiger partial charge in [-0.2, -0.15) is 0 Å². The quantitative estimate of drug-likeness (QED) is 0.584. The third kappa shape index (κ3) is 2.24. The summed E-state index contributed by atoms with van der Waals surface area (Å²) >= 11 is 0. The number of anilines is 1. The number of nitrogen functional groups attached to an aromatic ring is 1. The minimum absolute atomic E-state index is 0.124. The highest BCUT2D eigenvalue weighted by Gasteiger charge is 2.23. The van der Waals surface area contributed by atoms with Gasteiger partial charge in [-0.05, 0) is 18.2 Å². The Morgan fingerprint density at radius 2 is 2.20 bits per heavy atom. The summed E-state index contributed by atoms with van der Waals surface area (Å²) in [5, 5.41) is 0. The largest absolute Gasteiger partial charge is 0.454 e. The van der Waals surface area contributed by atoms with E-state index in [4.69, 9.17) is 15.2 Å². The number of carbonyl (C=O) groups excluding carboxylic acids is 1. The monoisotopic (exact) mass is 211 g/mol. The van der Waals surface area contributed by atoms with Crippen LogP contribution in [0, 0.1) is 5.82 Å². The van der Waals surface area contributed by atoms with Crippen LogP contribution >= 0.6 is 0 Å². The van der Waals surface area contributed by atoms with Gasteiger partial charge in [-0.15, -0.1) is 0 Å². The number of ether oxygens (including phenoxy) is 2. The van der Waals surface area contributed by atoms with Crippen molar-refractivity contribution in [3.63, 3.8) is 0 Å². The summed E-state index contributed by atoms with van der Waals surface area (Å²) in [4.78, 5) is 11.5. The Morgan fingerprint density at radius 1 is 1.47 bits per heavy atom. The van der Waals surface area contributed by atoms with E-state index in [1.165, 1.54) is 6.07 Å². The van der Waals surface area contributed by atoms with Crippen molar-refractivity contribution in [2.45, 2.75) is 6.10 Å². The zero-order chi connectivity index (χ0) is 10.8. The van der Waals surface area contributed by atoms with Crippen LogP contribution in [0.3, 0.4) is 0 Å². The van der Waals surface area contributed by atoms with Gasteiger partial charge in [0.25, 0.3) is 0 Å². The molecule has 0 amide bonds. The summed E-state index contributed by atoms with van der Waals surface area (Å²) in [7, 11) is 0. The van der Waals surface area contributed by atoms with Gasteiger partial charge < -0.3 is 15.2 Å². The minimum Gasteiger partial charge on any atom is -0.454 e. The van der Waals surface area contributed by atoms with E-state index < -0.39 is 11.8 Å². The van der Waals surface area contributed by atoms with Crippen LogP contribution in [0.25, 0.3) is 0 Å². The molecule has 80 valence electrons. The topological polar surface area (TPSA) is 61.6 Å². The predicted octanol–water partition coefficient (Wildman–Crippen LogP) is 0.964. The zero-order valence-electron chi connectivity index (χ0n) is 7.90. The van der Waals surface area contributed by atoms with Gasteiger partial charge in [0.1, 0.15) is 11.9 Å². The van der Waals surface area contributed by atoms with E-state index in [9.17, 15) is 9.18 Å². The first kappa shape index (κ1) is 9.92. The van der Waals surface area contributed by atoms with Gasteiger partial charge in [-0.1, -0.05) is 0 Å². The number of esters is 1. The van der Waals surface area contributed by atoms with Crippen molar-refractivity contribution in [3.8, 4) is 0 Å². The zero-order valence-corrected chi connectivity index (χ0v) is 7.90. The van der Waals surface area contributed by atoms with Crippen LogP contribution in [0.1, 0.15) is 10.4 Å². The van der Waals surface area contributed by atoms with Crippen molar-refractivity contribution in [1.29, 1.82) is 0 Å². The normalized spacial score (nSPS) is 15.8. The van der Waals surface area contributed by atoms with Gasteiger partial charge in [0.15, 0.2) is 0 Å². The van der Waals surface area contributed by atoms with Crippen molar-refractivity contribution in [1.82, 2.24) is 0 Å². The summed E-state index contributed by atoms with van der Waals surface area (Å²) in [5.41, 5.74) is 5.73. The highest BCUT2D eigenvalue weighted by Crippen LogP contribution is 2.14.